The SMILES string of the molecule is CCn1cnnc1C1NCCCC1C. The summed E-state index contributed by atoms with van der Waals surface area (Å²) in [5.74, 6) is 1.76. The van der Waals surface area contributed by atoms with Crippen LogP contribution in [0.4, 0.5) is 0 Å². The zero-order chi connectivity index (χ0) is 9.97. The van der Waals surface area contributed by atoms with E-state index in [4.69, 9.17) is 0 Å². The third kappa shape index (κ3) is 1.66. The fourth-order valence-electron chi connectivity index (χ4n) is 2.14. The van der Waals surface area contributed by atoms with Gasteiger partial charge in [-0.25, -0.2) is 0 Å². The number of nitrogens with zero attached hydrogens (tertiary/aromatic N) is 3. The summed E-state index contributed by atoms with van der Waals surface area (Å²) in [6.45, 7) is 6.46. The van der Waals surface area contributed by atoms with E-state index >= 15 is 0 Å². The molecule has 4 nitrogen and oxygen atoms in total. The molecule has 2 atom stereocenters. The number of hydrogen-bond acceptors (Lipinski definition) is 3. The van der Waals surface area contributed by atoms with Gasteiger partial charge in [0.2, 0.25) is 0 Å². The number of hydrogen-bond donors (Lipinski definition) is 1. The molecule has 0 spiro atoms. The number of aryl methyl sites for hydroxylation is 1. The van der Waals surface area contributed by atoms with Gasteiger partial charge in [-0.3, -0.25) is 0 Å². The smallest absolute Gasteiger partial charge is 0.150 e. The summed E-state index contributed by atoms with van der Waals surface area (Å²) in [5, 5.41) is 11.7. The van der Waals surface area contributed by atoms with Crippen molar-refractivity contribution in [1.29, 1.82) is 0 Å². The highest BCUT2D eigenvalue weighted by atomic mass is 15.3. The molecule has 1 aromatic heterocycles. The van der Waals surface area contributed by atoms with Crippen LogP contribution in [0.25, 0.3) is 0 Å². The number of piperidine rings is 1. The van der Waals surface area contributed by atoms with E-state index in [0.29, 0.717) is 12.0 Å². The highest BCUT2D eigenvalue weighted by Gasteiger charge is 2.26. The van der Waals surface area contributed by atoms with E-state index in [-0.39, 0.29) is 0 Å². The van der Waals surface area contributed by atoms with Gasteiger partial charge in [0.15, 0.2) is 0 Å². The monoisotopic (exact) mass is 194 g/mol. The molecule has 78 valence electrons. The molecular formula is C10H18N4. The van der Waals surface area contributed by atoms with Crippen LogP contribution in [0, 0.1) is 5.92 Å². The lowest BCUT2D eigenvalue weighted by molar-refractivity contribution is 0.288. The predicted octanol–water partition coefficient (Wildman–Crippen LogP) is 1.36. The molecule has 2 unspecified atom stereocenters. The second-order valence-corrected chi connectivity index (χ2v) is 4.03. The Morgan fingerprint density at radius 3 is 3.21 bits per heavy atom. The normalized spacial score (nSPS) is 27.9. The summed E-state index contributed by atoms with van der Waals surface area (Å²) in [4.78, 5) is 0. The molecule has 0 saturated carbocycles. The van der Waals surface area contributed by atoms with E-state index < -0.39 is 0 Å². The van der Waals surface area contributed by atoms with Crippen molar-refractivity contribution in [2.24, 2.45) is 5.92 Å². The van der Waals surface area contributed by atoms with Gasteiger partial charge in [-0.1, -0.05) is 6.92 Å². The van der Waals surface area contributed by atoms with Crippen molar-refractivity contribution >= 4 is 0 Å². The van der Waals surface area contributed by atoms with Gasteiger partial charge in [0.1, 0.15) is 12.2 Å². The van der Waals surface area contributed by atoms with Crippen LogP contribution in [0.2, 0.25) is 0 Å². The van der Waals surface area contributed by atoms with Crippen molar-refractivity contribution in [2.45, 2.75) is 39.3 Å². The summed E-state index contributed by atoms with van der Waals surface area (Å²) in [5.41, 5.74) is 0. The average molecular weight is 194 g/mol. The van der Waals surface area contributed by atoms with Gasteiger partial charge < -0.3 is 9.88 Å². The van der Waals surface area contributed by atoms with Crippen molar-refractivity contribution in [3.05, 3.63) is 12.2 Å². The summed E-state index contributed by atoms with van der Waals surface area (Å²) in [6, 6.07) is 0.395. The Kier molecular flexibility index (Phi) is 2.82. The van der Waals surface area contributed by atoms with Crippen LogP contribution in [0.15, 0.2) is 6.33 Å². The minimum atomic E-state index is 0.395. The van der Waals surface area contributed by atoms with Crippen LogP contribution in [0.3, 0.4) is 0 Å². The van der Waals surface area contributed by atoms with Crippen molar-refractivity contribution in [3.63, 3.8) is 0 Å². The molecule has 1 aliphatic heterocycles. The van der Waals surface area contributed by atoms with Gasteiger partial charge in [0.05, 0.1) is 6.04 Å². The Bertz CT molecular complexity index is 294. The number of aromatic nitrogens is 3. The predicted molar refractivity (Wildman–Crippen MR) is 54.8 cm³/mol. The molecule has 2 heterocycles. The first-order valence-electron chi connectivity index (χ1n) is 5.44. The first-order chi connectivity index (χ1) is 6.83. The van der Waals surface area contributed by atoms with Gasteiger partial charge in [-0.15, -0.1) is 10.2 Å². The molecule has 4 heteroatoms. The molecule has 0 amide bonds. The van der Waals surface area contributed by atoms with E-state index in [1.54, 1.807) is 0 Å². The minimum Gasteiger partial charge on any atom is -0.317 e. The molecule has 14 heavy (non-hydrogen) atoms. The van der Waals surface area contributed by atoms with E-state index in [9.17, 15) is 0 Å². The minimum absolute atomic E-state index is 0.395. The first kappa shape index (κ1) is 9.65. The first-order valence-corrected chi connectivity index (χ1v) is 5.44. The molecule has 1 saturated heterocycles. The fraction of sp³-hybridized carbons (Fsp3) is 0.800. The summed E-state index contributed by atoms with van der Waals surface area (Å²) >= 11 is 0. The Morgan fingerprint density at radius 1 is 1.64 bits per heavy atom. The van der Waals surface area contributed by atoms with Gasteiger partial charge in [0.25, 0.3) is 0 Å². The topological polar surface area (TPSA) is 42.7 Å². The molecule has 0 bridgehead atoms. The van der Waals surface area contributed by atoms with Crippen LogP contribution in [-0.2, 0) is 6.54 Å². The highest BCUT2D eigenvalue weighted by molar-refractivity contribution is 4.98. The average Bonchev–Trinajstić information content (AvgIpc) is 2.66. The van der Waals surface area contributed by atoms with Gasteiger partial charge in [0, 0.05) is 6.54 Å². The van der Waals surface area contributed by atoms with E-state index in [1.807, 2.05) is 6.33 Å². The Morgan fingerprint density at radius 2 is 2.50 bits per heavy atom. The third-order valence-electron chi connectivity index (χ3n) is 3.03. The number of nitrogens with one attached hydrogen (secondary N) is 1. The van der Waals surface area contributed by atoms with Crippen LogP contribution >= 0.6 is 0 Å². The fourth-order valence-corrected chi connectivity index (χ4v) is 2.14. The Hall–Kier alpha value is -0.900. The zero-order valence-corrected chi connectivity index (χ0v) is 8.90. The van der Waals surface area contributed by atoms with Gasteiger partial charge in [-0.05, 0) is 32.2 Å². The summed E-state index contributed by atoms with van der Waals surface area (Å²) < 4.78 is 2.12. The van der Waals surface area contributed by atoms with Crippen molar-refractivity contribution in [3.8, 4) is 0 Å². The molecular weight excluding hydrogens is 176 g/mol. The summed E-state index contributed by atoms with van der Waals surface area (Å²) in [7, 11) is 0. The lowest BCUT2D eigenvalue weighted by Crippen LogP contribution is -2.34. The van der Waals surface area contributed by atoms with Crippen LogP contribution < -0.4 is 5.32 Å². The second kappa shape index (κ2) is 4.09. The van der Waals surface area contributed by atoms with Crippen LogP contribution in [0.5, 0.6) is 0 Å². The largest absolute Gasteiger partial charge is 0.317 e. The second-order valence-electron chi connectivity index (χ2n) is 4.03. The van der Waals surface area contributed by atoms with Crippen molar-refractivity contribution < 1.29 is 0 Å². The van der Waals surface area contributed by atoms with Gasteiger partial charge >= 0.3 is 0 Å². The van der Waals surface area contributed by atoms with Crippen molar-refractivity contribution in [1.82, 2.24) is 20.1 Å². The standard InChI is InChI=1S/C10H18N4/c1-3-14-7-12-13-10(14)9-8(2)5-4-6-11-9/h7-9,11H,3-6H2,1-2H3. The lowest BCUT2D eigenvalue weighted by Gasteiger charge is -2.29. The molecule has 0 aliphatic carbocycles. The lowest BCUT2D eigenvalue weighted by atomic mass is 9.92. The quantitative estimate of drug-likeness (QED) is 0.773. The molecule has 1 fully saturated rings. The van der Waals surface area contributed by atoms with Crippen molar-refractivity contribution in [2.75, 3.05) is 6.54 Å². The van der Waals surface area contributed by atoms with Gasteiger partial charge in [-0.2, -0.15) is 0 Å². The molecule has 1 aliphatic rings. The third-order valence-corrected chi connectivity index (χ3v) is 3.03. The maximum Gasteiger partial charge on any atom is 0.150 e. The maximum atomic E-state index is 4.21. The highest BCUT2D eigenvalue weighted by Crippen LogP contribution is 2.27. The summed E-state index contributed by atoms with van der Waals surface area (Å²) in [6.07, 6.45) is 4.38. The van der Waals surface area contributed by atoms with E-state index in [1.165, 1.54) is 12.8 Å². The van der Waals surface area contributed by atoms with Crippen LogP contribution in [-0.4, -0.2) is 21.3 Å². The van der Waals surface area contributed by atoms with Crippen LogP contribution in [0.1, 0.15) is 38.6 Å². The molecule has 0 radical (unpaired) electrons. The number of rotatable bonds is 2. The zero-order valence-electron chi connectivity index (χ0n) is 8.90. The Balaban J connectivity index is 2.20. The molecule has 0 aromatic carbocycles. The molecule has 2 rings (SSSR count). The molecule has 1 aromatic rings. The molecule has 1 N–H and O–H groups in total. The van der Waals surface area contributed by atoms with E-state index in [0.717, 1.165) is 18.9 Å². The Labute approximate surface area is 84.7 Å². The van der Waals surface area contributed by atoms with E-state index in [2.05, 4.69) is 33.9 Å². The maximum absolute atomic E-state index is 4.21.